The van der Waals surface area contributed by atoms with E-state index in [1.54, 1.807) is 11.1 Å². The third-order valence-corrected chi connectivity index (χ3v) is 5.54. The number of ether oxygens (including phenoxy) is 1. The van der Waals surface area contributed by atoms with Crippen molar-refractivity contribution in [2.24, 2.45) is 11.8 Å². The van der Waals surface area contributed by atoms with Crippen LogP contribution in [-0.4, -0.2) is 13.2 Å². The first-order chi connectivity index (χ1) is 12.3. The first-order valence-corrected chi connectivity index (χ1v) is 10.6. The molecule has 0 fully saturated rings. The van der Waals surface area contributed by atoms with Gasteiger partial charge in [-0.25, -0.2) is 0 Å². The van der Waals surface area contributed by atoms with Crippen LogP contribution in [0.3, 0.4) is 0 Å². The first-order valence-electron chi connectivity index (χ1n) is 10.6. The molecule has 0 spiro atoms. The van der Waals surface area contributed by atoms with Crippen molar-refractivity contribution in [2.45, 2.75) is 78.1 Å². The molecule has 2 unspecified atom stereocenters. The van der Waals surface area contributed by atoms with E-state index in [2.05, 4.69) is 50.3 Å². The summed E-state index contributed by atoms with van der Waals surface area (Å²) in [4.78, 5) is 0. The fourth-order valence-electron chi connectivity index (χ4n) is 3.67. The van der Waals surface area contributed by atoms with Gasteiger partial charge in [-0.15, -0.1) is 0 Å². The molecule has 0 heterocycles. The smallest absolute Gasteiger partial charge is 0.0466 e. The van der Waals surface area contributed by atoms with Gasteiger partial charge in [-0.1, -0.05) is 50.3 Å². The maximum Gasteiger partial charge on any atom is 0.0466 e. The number of hydrogen-bond acceptors (Lipinski definition) is 1. The molecule has 2 atom stereocenters. The molecular weight excluding hydrogens is 304 g/mol. The molecule has 1 nitrogen and oxygen atoms in total. The third kappa shape index (κ3) is 8.23. The van der Waals surface area contributed by atoms with Crippen molar-refractivity contribution < 1.29 is 4.74 Å². The van der Waals surface area contributed by atoms with Gasteiger partial charge < -0.3 is 4.74 Å². The standard InChI is InChI=1S/C24H38O/c1-21-13-7-9-17-23(21)15-5-3-11-19-25-20-12-4-6-16-24-18-10-8-14-22(24)2/h9-10,15-18,21-22H,3-8,11-14,19-20H2,1-2H3. The molecule has 0 saturated carbocycles. The first kappa shape index (κ1) is 20.2. The van der Waals surface area contributed by atoms with Crippen molar-refractivity contribution in [2.75, 3.05) is 13.2 Å². The predicted octanol–water partition coefficient (Wildman–Crippen LogP) is 7.17. The highest BCUT2D eigenvalue weighted by Crippen LogP contribution is 2.24. The van der Waals surface area contributed by atoms with Crippen LogP contribution in [0.1, 0.15) is 78.1 Å². The Labute approximate surface area is 155 Å². The molecule has 25 heavy (non-hydrogen) atoms. The molecule has 1 heteroatoms. The van der Waals surface area contributed by atoms with Gasteiger partial charge in [0, 0.05) is 13.2 Å². The SMILES string of the molecule is CC1CCC=CC1=CCCCCOCCCCC=C1C=CCCC1C. The lowest BCUT2D eigenvalue weighted by Gasteiger charge is -2.16. The van der Waals surface area contributed by atoms with E-state index >= 15 is 0 Å². The van der Waals surface area contributed by atoms with E-state index in [0.717, 1.165) is 25.0 Å². The quantitative estimate of drug-likeness (QED) is 0.382. The molecule has 2 aliphatic rings. The van der Waals surface area contributed by atoms with E-state index in [1.165, 1.54) is 64.2 Å². The van der Waals surface area contributed by atoms with Gasteiger partial charge in [0.1, 0.15) is 0 Å². The van der Waals surface area contributed by atoms with Gasteiger partial charge in [0.05, 0.1) is 0 Å². The fraction of sp³-hybridized carbons (Fsp3) is 0.667. The van der Waals surface area contributed by atoms with E-state index in [4.69, 9.17) is 4.74 Å². The zero-order chi connectivity index (χ0) is 17.7. The maximum atomic E-state index is 5.79. The number of rotatable bonds is 10. The maximum absolute atomic E-state index is 5.79. The van der Waals surface area contributed by atoms with Gasteiger partial charge >= 0.3 is 0 Å². The van der Waals surface area contributed by atoms with Crippen molar-refractivity contribution in [1.29, 1.82) is 0 Å². The largest absolute Gasteiger partial charge is 0.381 e. The van der Waals surface area contributed by atoms with Crippen LogP contribution in [0.2, 0.25) is 0 Å². The monoisotopic (exact) mass is 342 g/mol. The highest BCUT2D eigenvalue weighted by Gasteiger charge is 2.09. The van der Waals surface area contributed by atoms with Gasteiger partial charge in [-0.3, -0.25) is 0 Å². The van der Waals surface area contributed by atoms with Crippen LogP contribution < -0.4 is 0 Å². The minimum absolute atomic E-state index is 0.753. The van der Waals surface area contributed by atoms with Crippen LogP contribution in [0.15, 0.2) is 47.6 Å². The topological polar surface area (TPSA) is 9.23 Å². The van der Waals surface area contributed by atoms with Crippen molar-refractivity contribution in [1.82, 2.24) is 0 Å². The van der Waals surface area contributed by atoms with Gasteiger partial charge in [-0.2, -0.15) is 0 Å². The van der Waals surface area contributed by atoms with Gasteiger partial charge in [-0.05, 0) is 87.2 Å². The van der Waals surface area contributed by atoms with Crippen LogP contribution in [0.4, 0.5) is 0 Å². The summed E-state index contributed by atoms with van der Waals surface area (Å²) in [7, 11) is 0. The second-order valence-corrected chi connectivity index (χ2v) is 7.77. The Hall–Kier alpha value is -1.08. The van der Waals surface area contributed by atoms with Crippen molar-refractivity contribution in [3.8, 4) is 0 Å². The normalized spacial score (nSPS) is 26.6. The van der Waals surface area contributed by atoms with E-state index in [1.807, 2.05) is 0 Å². The van der Waals surface area contributed by atoms with Crippen molar-refractivity contribution in [3.05, 3.63) is 47.6 Å². The molecule has 0 aliphatic heterocycles. The van der Waals surface area contributed by atoms with E-state index < -0.39 is 0 Å². The summed E-state index contributed by atoms with van der Waals surface area (Å²) < 4.78 is 5.79. The average molecular weight is 343 g/mol. The van der Waals surface area contributed by atoms with E-state index in [-0.39, 0.29) is 0 Å². The molecule has 0 saturated heterocycles. The molecule has 0 aromatic carbocycles. The summed E-state index contributed by atoms with van der Waals surface area (Å²) in [5.74, 6) is 1.51. The minimum Gasteiger partial charge on any atom is -0.381 e. The Kier molecular flexibility index (Phi) is 9.96. The lowest BCUT2D eigenvalue weighted by Crippen LogP contribution is -2.01. The Morgan fingerprint density at radius 2 is 1.28 bits per heavy atom. The zero-order valence-electron chi connectivity index (χ0n) is 16.5. The van der Waals surface area contributed by atoms with Crippen LogP contribution >= 0.6 is 0 Å². The summed E-state index contributed by atoms with van der Waals surface area (Å²) in [6.45, 7) is 6.55. The Bertz CT molecular complexity index is 436. The zero-order valence-corrected chi connectivity index (χ0v) is 16.5. The molecule has 0 N–H and O–H groups in total. The lowest BCUT2D eigenvalue weighted by molar-refractivity contribution is 0.127. The summed E-state index contributed by atoms with van der Waals surface area (Å²) in [5, 5.41) is 0. The van der Waals surface area contributed by atoms with Gasteiger partial charge in [0.15, 0.2) is 0 Å². The molecule has 0 bridgehead atoms. The number of hydrogen-bond donors (Lipinski definition) is 0. The van der Waals surface area contributed by atoms with Crippen molar-refractivity contribution >= 4 is 0 Å². The Morgan fingerprint density at radius 3 is 1.72 bits per heavy atom. The average Bonchev–Trinajstić information content (AvgIpc) is 2.62. The Balaban J connectivity index is 1.42. The van der Waals surface area contributed by atoms with Crippen molar-refractivity contribution in [3.63, 3.8) is 0 Å². The predicted molar refractivity (Wildman–Crippen MR) is 110 cm³/mol. The Morgan fingerprint density at radius 1 is 0.800 bits per heavy atom. The highest BCUT2D eigenvalue weighted by atomic mass is 16.5. The second kappa shape index (κ2) is 12.3. The summed E-state index contributed by atoms with van der Waals surface area (Å²) in [6, 6.07) is 0. The van der Waals surface area contributed by atoms with Crippen LogP contribution in [-0.2, 0) is 4.74 Å². The molecule has 140 valence electrons. The fourth-order valence-corrected chi connectivity index (χ4v) is 3.67. The minimum atomic E-state index is 0.753. The molecule has 2 rings (SSSR count). The number of allylic oxidation sites excluding steroid dienone is 8. The van der Waals surface area contributed by atoms with E-state index in [9.17, 15) is 0 Å². The van der Waals surface area contributed by atoms with Crippen LogP contribution in [0, 0.1) is 11.8 Å². The molecule has 0 aromatic heterocycles. The summed E-state index contributed by atoms with van der Waals surface area (Å²) in [6.07, 6.45) is 26.6. The third-order valence-electron chi connectivity index (χ3n) is 5.54. The molecular formula is C24H38O. The van der Waals surface area contributed by atoms with Gasteiger partial charge in [0.2, 0.25) is 0 Å². The van der Waals surface area contributed by atoms with Crippen LogP contribution in [0.5, 0.6) is 0 Å². The molecule has 0 aromatic rings. The molecule has 0 amide bonds. The highest BCUT2D eigenvalue weighted by molar-refractivity contribution is 5.24. The summed E-state index contributed by atoms with van der Waals surface area (Å²) >= 11 is 0. The molecule has 2 aliphatic carbocycles. The molecule has 0 radical (unpaired) electrons. The van der Waals surface area contributed by atoms with E-state index in [0.29, 0.717) is 0 Å². The van der Waals surface area contributed by atoms with Gasteiger partial charge in [0.25, 0.3) is 0 Å². The second-order valence-electron chi connectivity index (χ2n) is 7.77. The lowest BCUT2D eigenvalue weighted by atomic mass is 9.90. The summed E-state index contributed by atoms with van der Waals surface area (Å²) in [5.41, 5.74) is 3.09. The van der Waals surface area contributed by atoms with Crippen LogP contribution in [0.25, 0.3) is 0 Å². The number of unbranched alkanes of at least 4 members (excludes halogenated alkanes) is 4.